The minimum absolute atomic E-state index is 0.0247. The molecule has 0 aromatic carbocycles. The molecule has 0 bridgehead atoms. The third-order valence-electron chi connectivity index (χ3n) is 4.35. The molecule has 2 fully saturated rings. The minimum Gasteiger partial charge on any atom is -0.386 e. The fourth-order valence-corrected chi connectivity index (χ4v) is 5.01. The summed E-state index contributed by atoms with van der Waals surface area (Å²) in [7, 11) is -3.56. The van der Waals surface area contributed by atoms with Crippen LogP contribution in [-0.4, -0.2) is 36.7 Å². The molecule has 1 heterocycles. The number of hydrogen-bond donors (Lipinski definition) is 3. The zero-order valence-electron chi connectivity index (χ0n) is 11.5. The third kappa shape index (κ3) is 2.93. The minimum atomic E-state index is -3.56. The molecule has 1 unspecified atom stereocenters. The van der Waals surface area contributed by atoms with Gasteiger partial charge in [-0.25, -0.2) is 0 Å². The smallest absolute Gasteiger partial charge is 0.280 e. The van der Waals surface area contributed by atoms with Gasteiger partial charge in [-0.1, -0.05) is 19.3 Å². The highest BCUT2D eigenvalue weighted by Crippen LogP contribution is 2.31. The first-order chi connectivity index (χ1) is 8.87. The van der Waals surface area contributed by atoms with E-state index in [1.54, 1.807) is 0 Å². The molecule has 1 aliphatic heterocycles. The molecule has 0 aromatic heterocycles. The molecule has 19 heavy (non-hydrogen) atoms. The molecule has 0 spiro atoms. The van der Waals surface area contributed by atoms with Crippen LogP contribution in [0.15, 0.2) is 0 Å². The maximum Gasteiger partial charge on any atom is 0.280 e. The van der Waals surface area contributed by atoms with Gasteiger partial charge in [0, 0.05) is 12.6 Å². The Bertz CT molecular complexity index is 443. The molecule has 1 saturated carbocycles. The molecular weight excluding hydrogens is 264 g/mol. The molecule has 110 valence electrons. The summed E-state index contributed by atoms with van der Waals surface area (Å²) in [5, 5.41) is 7.72. The van der Waals surface area contributed by atoms with Crippen LogP contribution in [-0.2, 0) is 10.2 Å². The molecule has 0 aromatic rings. The van der Waals surface area contributed by atoms with E-state index < -0.39 is 15.7 Å². The first-order valence-corrected chi connectivity index (χ1v) is 8.47. The summed E-state index contributed by atoms with van der Waals surface area (Å²) in [6, 6.07) is 0.0247. The Labute approximate surface area is 115 Å². The van der Waals surface area contributed by atoms with Crippen LogP contribution < -0.4 is 10.5 Å². The van der Waals surface area contributed by atoms with Crippen LogP contribution in [0.2, 0.25) is 0 Å². The average molecular weight is 288 g/mol. The molecule has 1 saturated heterocycles. The van der Waals surface area contributed by atoms with Gasteiger partial charge in [0.15, 0.2) is 0 Å². The van der Waals surface area contributed by atoms with Crippen LogP contribution in [0.25, 0.3) is 0 Å². The SMILES string of the molecule is CC1CCCCN1S(=O)(=O)NC1(C(=N)N)CCCC1. The van der Waals surface area contributed by atoms with E-state index in [4.69, 9.17) is 11.1 Å². The van der Waals surface area contributed by atoms with Crippen LogP contribution in [0.3, 0.4) is 0 Å². The van der Waals surface area contributed by atoms with Gasteiger partial charge >= 0.3 is 0 Å². The van der Waals surface area contributed by atoms with Crippen molar-refractivity contribution in [3.63, 3.8) is 0 Å². The summed E-state index contributed by atoms with van der Waals surface area (Å²) < 4.78 is 29.3. The number of nitrogens with two attached hydrogens (primary N) is 1. The van der Waals surface area contributed by atoms with E-state index in [2.05, 4.69) is 4.72 Å². The highest BCUT2D eigenvalue weighted by atomic mass is 32.2. The molecular formula is C12H24N4O2S. The van der Waals surface area contributed by atoms with Crippen molar-refractivity contribution < 1.29 is 8.42 Å². The monoisotopic (exact) mass is 288 g/mol. The van der Waals surface area contributed by atoms with Crippen molar-refractivity contribution in [3.8, 4) is 0 Å². The molecule has 0 amide bonds. The Morgan fingerprint density at radius 2 is 1.95 bits per heavy atom. The Morgan fingerprint density at radius 3 is 2.47 bits per heavy atom. The Kier molecular flexibility index (Phi) is 4.17. The number of piperidine rings is 1. The Balaban J connectivity index is 2.17. The molecule has 6 nitrogen and oxygen atoms in total. The number of hydrogen-bond acceptors (Lipinski definition) is 3. The zero-order valence-corrected chi connectivity index (χ0v) is 12.3. The zero-order chi connectivity index (χ0) is 14.1. The van der Waals surface area contributed by atoms with Gasteiger partial charge < -0.3 is 5.73 Å². The second kappa shape index (κ2) is 5.38. The number of amidine groups is 1. The summed E-state index contributed by atoms with van der Waals surface area (Å²) in [5.41, 5.74) is 4.79. The lowest BCUT2D eigenvalue weighted by atomic mass is 9.98. The molecule has 2 rings (SSSR count). The first-order valence-electron chi connectivity index (χ1n) is 7.03. The van der Waals surface area contributed by atoms with E-state index in [9.17, 15) is 8.42 Å². The van der Waals surface area contributed by atoms with Gasteiger partial charge in [-0.15, -0.1) is 0 Å². The first kappa shape index (κ1) is 14.7. The number of nitrogens with zero attached hydrogens (tertiary/aromatic N) is 1. The number of rotatable bonds is 4. The van der Waals surface area contributed by atoms with Gasteiger partial charge in [0.25, 0.3) is 10.2 Å². The van der Waals surface area contributed by atoms with Crippen molar-refractivity contribution >= 4 is 16.0 Å². The van der Waals surface area contributed by atoms with Crippen LogP contribution in [0, 0.1) is 5.41 Å². The van der Waals surface area contributed by atoms with Crippen molar-refractivity contribution in [2.75, 3.05) is 6.54 Å². The van der Waals surface area contributed by atoms with E-state index in [0.29, 0.717) is 19.4 Å². The fourth-order valence-electron chi connectivity index (χ4n) is 3.14. The standard InChI is InChI=1S/C12H24N4O2S/c1-10-6-2-5-9-16(10)19(17,18)15-12(11(13)14)7-3-4-8-12/h10,15H,2-9H2,1H3,(H3,13,14). The summed E-state index contributed by atoms with van der Waals surface area (Å²) in [6.45, 7) is 2.50. The fraction of sp³-hybridized carbons (Fsp3) is 0.917. The van der Waals surface area contributed by atoms with Gasteiger partial charge in [-0.2, -0.15) is 17.4 Å². The molecule has 0 radical (unpaired) electrons. The summed E-state index contributed by atoms with van der Waals surface area (Å²) in [5.74, 6) is -0.0572. The predicted molar refractivity (Wildman–Crippen MR) is 75.2 cm³/mol. The third-order valence-corrected chi connectivity index (χ3v) is 6.16. The summed E-state index contributed by atoms with van der Waals surface area (Å²) in [4.78, 5) is 0. The topological polar surface area (TPSA) is 99.3 Å². The Hall–Kier alpha value is -0.660. The van der Waals surface area contributed by atoms with Crippen LogP contribution in [0.4, 0.5) is 0 Å². The van der Waals surface area contributed by atoms with E-state index in [-0.39, 0.29) is 11.9 Å². The second-order valence-electron chi connectivity index (χ2n) is 5.77. The van der Waals surface area contributed by atoms with Gasteiger partial charge in [0.1, 0.15) is 5.84 Å². The van der Waals surface area contributed by atoms with Crippen molar-refractivity contribution in [3.05, 3.63) is 0 Å². The quantitative estimate of drug-likeness (QED) is 0.530. The molecule has 1 aliphatic carbocycles. The lowest BCUT2D eigenvalue weighted by Crippen LogP contribution is -2.60. The van der Waals surface area contributed by atoms with Crippen molar-refractivity contribution in [2.24, 2.45) is 5.73 Å². The lowest BCUT2D eigenvalue weighted by molar-refractivity contribution is 0.261. The summed E-state index contributed by atoms with van der Waals surface area (Å²) >= 11 is 0. The van der Waals surface area contributed by atoms with Crippen molar-refractivity contribution in [2.45, 2.75) is 63.5 Å². The van der Waals surface area contributed by atoms with Gasteiger partial charge in [0.2, 0.25) is 0 Å². The van der Waals surface area contributed by atoms with Crippen molar-refractivity contribution in [1.29, 1.82) is 5.41 Å². The van der Waals surface area contributed by atoms with Gasteiger partial charge in [0.05, 0.1) is 5.54 Å². The highest BCUT2D eigenvalue weighted by molar-refractivity contribution is 7.87. The molecule has 1 atom stereocenters. The lowest BCUT2D eigenvalue weighted by Gasteiger charge is -2.36. The maximum atomic E-state index is 12.5. The summed E-state index contributed by atoms with van der Waals surface area (Å²) in [6.07, 6.45) is 5.96. The van der Waals surface area contributed by atoms with Crippen LogP contribution in [0.1, 0.15) is 51.9 Å². The van der Waals surface area contributed by atoms with E-state index >= 15 is 0 Å². The molecule has 2 aliphatic rings. The largest absolute Gasteiger partial charge is 0.386 e. The number of nitrogens with one attached hydrogen (secondary N) is 2. The highest BCUT2D eigenvalue weighted by Gasteiger charge is 2.43. The second-order valence-corrected chi connectivity index (χ2v) is 7.39. The van der Waals surface area contributed by atoms with Crippen LogP contribution >= 0.6 is 0 Å². The molecule has 7 heteroatoms. The van der Waals surface area contributed by atoms with Crippen LogP contribution in [0.5, 0.6) is 0 Å². The maximum absolute atomic E-state index is 12.5. The van der Waals surface area contributed by atoms with Crippen molar-refractivity contribution in [1.82, 2.24) is 9.03 Å². The van der Waals surface area contributed by atoms with E-state index in [0.717, 1.165) is 32.1 Å². The van der Waals surface area contributed by atoms with Gasteiger partial charge in [-0.05, 0) is 32.6 Å². The normalized spacial score (nSPS) is 28.4. The Morgan fingerprint density at radius 1 is 1.32 bits per heavy atom. The van der Waals surface area contributed by atoms with Gasteiger partial charge in [-0.3, -0.25) is 5.41 Å². The predicted octanol–water partition coefficient (Wildman–Crippen LogP) is 0.944. The van der Waals surface area contributed by atoms with E-state index in [1.807, 2.05) is 6.92 Å². The average Bonchev–Trinajstić information content (AvgIpc) is 2.78. The van der Waals surface area contributed by atoms with E-state index in [1.165, 1.54) is 4.31 Å². The molecule has 4 N–H and O–H groups in total.